The molecular formula is C17H25NO2. The number of anilines is 1. The predicted octanol–water partition coefficient (Wildman–Crippen LogP) is 4.42. The van der Waals surface area contributed by atoms with Gasteiger partial charge in [-0.3, -0.25) is 4.79 Å². The Labute approximate surface area is 121 Å². The van der Waals surface area contributed by atoms with Gasteiger partial charge in [0.2, 0.25) is 5.91 Å². The molecule has 3 heteroatoms. The molecule has 1 aliphatic rings. The van der Waals surface area contributed by atoms with E-state index in [2.05, 4.69) is 5.32 Å². The molecule has 1 aromatic rings. The second-order valence-electron chi connectivity index (χ2n) is 5.76. The highest BCUT2D eigenvalue weighted by Gasteiger charge is 2.22. The molecule has 0 heterocycles. The summed E-state index contributed by atoms with van der Waals surface area (Å²) in [7, 11) is 0. The Morgan fingerprint density at radius 3 is 2.55 bits per heavy atom. The number of hydrogen-bond acceptors (Lipinski definition) is 2. The Hall–Kier alpha value is -1.51. The topological polar surface area (TPSA) is 49.3 Å². The Kier molecular flexibility index (Phi) is 5.05. The number of phenols is 1. The van der Waals surface area contributed by atoms with Crippen LogP contribution >= 0.6 is 0 Å². The molecule has 110 valence electrons. The number of rotatable bonds is 5. The Balaban J connectivity index is 2.20. The Bertz CT molecular complexity index is 460. The maximum atomic E-state index is 12.3. The molecule has 0 unspecified atom stereocenters. The second-order valence-corrected chi connectivity index (χ2v) is 5.76. The maximum Gasteiger partial charge on any atom is 0.227 e. The zero-order valence-electron chi connectivity index (χ0n) is 12.5. The van der Waals surface area contributed by atoms with E-state index < -0.39 is 0 Å². The van der Waals surface area contributed by atoms with E-state index in [1.54, 1.807) is 12.1 Å². The van der Waals surface area contributed by atoms with Gasteiger partial charge in [-0.25, -0.2) is 0 Å². The summed E-state index contributed by atoms with van der Waals surface area (Å²) in [5, 5.41) is 12.7. The molecular weight excluding hydrogens is 250 g/mol. The van der Waals surface area contributed by atoms with Crippen molar-refractivity contribution in [2.75, 3.05) is 5.32 Å². The van der Waals surface area contributed by atoms with Gasteiger partial charge in [0, 0.05) is 17.7 Å². The summed E-state index contributed by atoms with van der Waals surface area (Å²) in [6, 6.07) is 5.38. The fourth-order valence-electron chi connectivity index (χ4n) is 3.14. The van der Waals surface area contributed by atoms with E-state index in [4.69, 9.17) is 0 Å². The number of aromatic hydroxyl groups is 1. The van der Waals surface area contributed by atoms with Gasteiger partial charge in [0.15, 0.2) is 0 Å². The van der Waals surface area contributed by atoms with Crippen LogP contribution in [0.3, 0.4) is 0 Å². The van der Waals surface area contributed by atoms with E-state index in [-0.39, 0.29) is 17.6 Å². The summed E-state index contributed by atoms with van der Waals surface area (Å²) in [4.78, 5) is 12.3. The van der Waals surface area contributed by atoms with Gasteiger partial charge in [-0.2, -0.15) is 0 Å². The van der Waals surface area contributed by atoms with Crippen LogP contribution in [0.4, 0.5) is 5.69 Å². The van der Waals surface area contributed by atoms with Gasteiger partial charge in [-0.1, -0.05) is 32.8 Å². The van der Waals surface area contributed by atoms with Crippen LogP contribution in [0.5, 0.6) is 5.75 Å². The molecule has 0 aliphatic heterocycles. The first-order valence-corrected chi connectivity index (χ1v) is 7.79. The standard InChI is InChI=1S/C17H25NO2/c1-3-12(4-2)17(20)18-16-11-14(19)9-10-15(16)13-7-5-6-8-13/h9-13,19H,3-8H2,1-2H3,(H,18,20). The first-order chi connectivity index (χ1) is 9.65. The van der Waals surface area contributed by atoms with Crippen molar-refractivity contribution in [3.63, 3.8) is 0 Å². The van der Waals surface area contributed by atoms with Crippen molar-refractivity contribution in [1.82, 2.24) is 0 Å². The number of carbonyl (C=O) groups is 1. The summed E-state index contributed by atoms with van der Waals surface area (Å²) >= 11 is 0. The van der Waals surface area contributed by atoms with E-state index in [1.165, 1.54) is 31.2 Å². The van der Waals surface area contributed by atoms with Crippen LogP contribution in [0, 0.1) is 5.92 Å². The van der Waals surface area contributed by atoms with E-state index in [0.29, 0.717) is 5.92 Å². The van der Waals surface area contributed by atoms with Crippen LogP contribution in [0.2, 0.25) is 0 Å². The fourth-order valence-corrected chi connectivity index (χ4v) is 3.14. The van der Waals surface area contributed by atoms with Gasteiger partial charge < -0.3 is 10.4 Å². The van der Waals surface area contributed by atoms with Crippen molar-refractivity contribution in [2.24, 2.45) is 5.92 Å². The van der Waals surface area contributed by atoms with Crippen molar-refractivity contribution in [2.45, 2.75) is 58.3 Å². The van der Waals surface area contributed by atoms with Crippen molar-refractivity contribution in [3.8, 4) is 5.75 Å². The van der Waals surface area contributed by atoms with Crippen molar-refractivity contribution < 1.29 is 9.90 Å². The van der Waals surface area contributed by atoms with Crippen molar-refractivity contribution in [1.29, 1.82) is 0 Å². The number of carbonyl (C=O) groups excluding carboxylic acids is 1. The smallest absolute Gasteiger partial charge is 0.227 e. The molecule has 2 rings (SSSR count). The van der Waals surface area contributed by atoms with Crippen molar-refractivity contribution in [3.05, 3.63) is 23.8 Å². The van der Waals surface area contributed by atoms with Crippen LogP contribution in [0.1, 0.15) is 63.9 Å². The molecule has 20 heavy (non-hydrogen) atoms. The van der Waals surface area contributed by atoms with Gasteiger partial charge in [-0.15, -0.1) is 0 Å². The van der Waals surface area contributed by atoms with Crippen LogP contribution < -0.4 is 5.32 Å². The third kappa shape index (κ3) is 3.33. The van der Waals surface area contributed by atoms with Crippen LogP contribution in [0.25, 0.3) is 0 Å². The first kappa shape index (κ1) is 14.9. The molecule has 2 N–H and O–H groups in total. The highest BCUT2D eigenvalue weighted by atomic mass is 16.3. The minimum atomic E-state index is 0.0498. The number of benzene rings is 1. The second kappa shape index (κ2) is 6.78. The molecule has 1 amide bonds. The molecule has 0 spiro atoms. The summed E-state index contributed by atoms with van der Waals surface area (Å²) < 4.78 is 0. The zero-order valence-corrected chi connectivity index (χ0v) is 12.5. The Morgan fingerprint density at radius 2 is 1.95 bits per heavy atom. The lowest BCUT2D eigenvalue weighted by Crippen LogP contribution is -2.22. The highest BCUT2D eigenvalue weighted by Crippen LogP contribution is 2.39. The third-order valence-electron chi connectivity index (χ3n) is 4.45. The minimum Gasteiger partial charge on any atom is -0.508 e. The summed E-state index contributed by atoms with van der Waals surface area (Å²) in [6.45, 7) is 4.07. The van der Waals surface area contributed by atoms with E-state index in [1.807, 2.05) is 19.9 Å². The molecule has 0 saturated heterocycles. The average Bonchev–Trinajstić information content (AvgIpc) is 2.94. The maximum absolute atomic E-state index is 12.3. The molecule has 0 atom stereocenters. The van der Waals surface area contributed by atoms with E-state index in [0.717, 1.165) is 18.5 Å². The van der Waals surface area contributed by atoms with Gasteiger partial charge in [0.25, 0.3) is 0 Å². The largest absolute Gasteiger partial charge is 0.508 e. The molecule has 1 fully saturated rings. The SMILES string of the molecule is CCC(CC)C(=O)Nc1cc(O)ccc1C1CCCC1. The number of hydrogen-bond donors (Lipinski definition) is 2. The fraction of sp³-hybridized carbons (Fsp3) is 0.588. The number of nitrogens with one attached hydrogen (secondary N) is 1. The molecule has 1 saturated carbocycles. The van der Waals surface area contributed by atoms with Crippen molar-refractivity contribution >= 4 is 11.6 Å². The van der Waals surface area contributed by atoms with E-state index >= 15 is 0 Å². The summed E-state index contributed by atoms with van der Waals surface area (Å²) in [5.74, 6) is 0.854. The first-order valence-electron chi connectivity index (χ1n) is 7.79. The normalized spacial score (nSPS) is 15.8. The zero-order chi connectivity index (χ0) is 14.5. The number of amides is 1. The molecule has 1 aliphatic carbocycles. The number of phenolic OH excluding ortho intramolecular Hbond substituents is 1. The van der Waals surface area contributed by atoms with Crippen LogP contribution in [-0.2, 0) is 4.79 Å². The van der Waals surface area contributed by atoms with Gasteiger partial charge >= 0.3 is 0 Å². The summed E-state index contributed by atoms with van der Waals surface area (Å²) in [6.07, 6.45) is 6.56. The lowest BCUT2D eigenvalue weighted by molar-refractivity contribution is -0.120. The molecule has 0 radical (unpaired) electrons. The molecule has 0 bridgehead atoms. The Morgan fingerprint density at radius 1 is 1.30 bits per heavy atom. The predicted molar refractivity (Wildman–Crippen MR) is 82.0 cm³/mol. The minimum absolute atomic E-state index is 0.0498. The van der Waals surface area contributed by atoms with Gasteiger partial charge in [-0.05, 0) is 43.2 Å². The van der Waals surface area contributed by atoms with Crippen LogP contribution in [-0.4, -0.2) is 11.0 Å². The molecule has 0 aromatic heterocycles. The van der Waals surface area contributed by atoms with Crippen LogP contribution in [0.15, 0.2) is 18.2 Å². The summed E-state index contributed by atoms with van der Waals surface area (Å²) in [5.41, 5.74) is 1.98. The third-order valence-corrected chi connectivity index (χ3v) is 4.45. The lowest BCUT2D eigenvalue weighted by Gasteiger charge is -2.19. The van der Waals surface area contributed by atoms with Gasteiger partial charge in [0.05, 0.1) is 0 Å². The molecule has 1 aromatic carbocycles. The quantitative estimate of drug-likeness (QED) is 0.835. The highest BCUT2D eigenvalue weighted by molar-refractivity contribution is 5.93. The monoisotopic (exact) mass is 275 g/mol. The molecule has 3 nitrogen and oxygen atoms in total. The lowest BCUT2D eigenvalue weighted by atomic mass is 9.95. The van der Waals surface area contributed by atoms with E-state index in [9.17, 15) is 9.90 Å². The average molecular weight is 275 g/mol. The van der Waals surface area contributed by atoms with Gasteiger partial charge in [0.1, 0.15) is 5.75 Å².